The van der Waals surface area contributed by atoms with Crippen LogP contribution in [0.25, 0.3) is 0 Å². The maximum Gasteiger partial charge on any atom is 0.167 e. The minimum Gasteiger partial charge on any atom is -0.365 e. The third-order valence-corrected chi connectivity index (χ3v) is 5.07. The third kappa shape index (κ3) is 3.15. The number of aryl methyl sites for hydroxylation is 1. The first-order valence-corrected chi connectivity index (χ1v) is 8.58. The first-order chi connectivity index (χ1) is 9.69. The van der Waals surface area contributed by atoms with E-state index < -0.39 is 10.8 Å². The zero-order chi connectivity index (χ0) is 14.5. The summed E-state index contributed by atoms with van der Waals surface area (Å²) in [7, 11) is -0.678. The highest BCUT2D eigenvalue weighted by Gasteiger charge is 2.21. The normalized spacial score (nSPS) is 22.2. The van der Waals surface area contributed by atoms with E-state index in [-0.39, 0.29) is 6.04 Å². The Labute approximate surface area is 122 Å². The van der Waals surface area contributed by atoms with Crippen LogP contribution in [0.15, 0.2) is 0 Å². The Balaban J connectivity index is 2.24. The predicted octanol–water partition coefficient (Wildman–Crippen LogP) is 1.80. The maximum atomic E-state index is 11.4. The van der Waals surface area contributed by atoms with Crippen molar-refractivity contribution in [3.05, 3.63) is 16.8 Å². The van der Waals surface area contributed by atoms with E-state index in [0.717, 1.165) is 48.4 Å². The van der Waals surface area contributed by atoms with Crippen molar-refractivity contribution in [1.82, 2.24) is 10.2 Å². The average molecular weight is 292 g/mol. The van der Waals surface area contributed by atoms with E-state index in [1.54, 1.807) is 0 Å². The van der Waals surface area contributed by atoms with E-state index >= 15 is 0 Å². The molecule has 2 rings (SSSR count). The molecule has 0 unspecified atom stereocenters. The van der Waals surface area contributed by atoms with Crippen molar-refractivity contribution in [2.24, 2.45) is 0 Å². The first kappa shape index (κ1) is 14.9. The topological polar surface area (TPSA) is 78.7 Å². The lowest BCUT2D eigenvalue weighted by molar-refractivity contribution is 0.621. The zero-order valence-corrected chi connectivity index (χ0v) is 12.8. The number of nitrogens with zero attached hydrogens (tertiary/aromatic N) is 3. The van der Waals surface area contributed by atoms with Crippen molar-refractivity contribution in [1.29, 1.82) is 5.26 Å². The molecule has 108 valence electrons. The lowest BCUT2D eigenvalue weighted by Crippen LogP contribution is -2.30. The summed E-state index contributed by atoms with van der Waals surface area (Å²) in [6.45, 7) is 4.05. The van der Waals surface area contributed by atoms with Gasteiger partial charge in [-0.3, -0.25) is 4.21 Å². The fourth-order valence-electron chi connectivity index (χ4n) is 2.53. The van der Waals surface area contributed by atoms with E-state index in [4.69, 9.17) is 0 Å². The van der Waals surface area contributed by atoms with Gasteiger partial charge in [0.05, 0.1) is 5.69 Å². The van der Waals surface area contributed by atoms with Crippen LogP contribution >= 0.6 is 0 Å². The van der Waals surface area contributed by atoms with E-state index in [0.29, 0.717) is 11.4 Å². The SMILES string of the molecule is CCc1nnc(NC2CCS(=O)CC2)c(C#N)c1CC. The van der Waals surface area contributed by atoms with Crippen LogP contribution in [-0.2, 0) is 23.6 Å². The Kier molecular flexibility index (Phi) is 5.07. The molecule has 1 fully saturated rings. The molecule has 0 amide bonds. The van der Waals surface area contributed by atoms with Gasteiger partial charge in [-0.25, -0.2) is 0 Å². The summed E-state index contributed by atoms with van der Waals surface area (Å²) in [5.41, 5.74) is 2.51. The first-order valence-electron chi connectivity index (χ1n) is 7.09. The molecule has 0 spiro atoms. The molecule has 1 N–H and O–H groups in total. The van der Waals surface area contributed by atoms with Crippen molar-refractivity contribution in [2.75, 3.05) is 16.8 Å². The fourth-order valence-corrected chi connectivity index (χ4v) is 3.82. The molecule has 2 heterocycles. The van der Waals surface area contributed by atoms with Crippen LogP contribution in [0.2, 0.25) is 0 Å². The molecular formula is C14H20N4OS. The summed E-state index contributed by atoms with van der Waals surface area (Å²) < 4.78 is 11.4. The molecule has 1 aromatic heterocycles. The van der Waals surface area contributed by atoms with Gasteiger partial charge in [-0.05, 0) is 31.2 Å². The van der Waals surface area contributed by atoms with Crippen LogP contribution in [-0.4, -0.2) is 32.0 Å². The predicted molar refractivity (Wildman–Crippen MR) is 80.0 cm³/mol. The van der Waals surface area contributed by atoms with Crippen LogP contribution in [0.1, 0.15) is 43.5 Å². The summed E-state index contributed by atoms with van der Waals surface area (Å²) >= 11 is 0. The van der Waals surface area contributed by atoms with Crippen LogP contribution < -0.4 is 5.32 Å². The zero-order valence-electron chi connectivity index (χ0n) is 12.0. The second-order valence-corrected chi connectivity index (χ2v) is 6.63. The third-order valence-electron chi connectivity index (χ3n) is 3.69. The Morgan fingerprint density at radius 3 is 2.55 bits per heavy atom. The summed E-state index contributed by atoms with van der Waals surface area (Å²) in [4.78, 5) is 0. The number of hydrogen-bond acceptors (Lipinski definition) is 5. The van der Waals surface area contributed by atoms with E-state index in [2.05, 4.69) is 21.6 Å². The molecule has 1 saturated heterocycles. The molecule has 6 heteroatoms. The fraction of sp³-hybridized carbons (Fsp3) is 0.643. The molecule has 1 aliphatic rings. The van der Waals surface area contributed by atoms with Gasteiger partial charge in [0.15, 0.2) is 5.82 Å². The Bertz CT molecular complexity index is 543. The van der Waals surface area contributed by atoms with Crippen LogP contribution in [0.3, 0.4) is 0 Å². The highest BCUT2D eigenvalue weighted by atomic mass is 32.2. The van der Waals surface area contributed by atoms with Gasteiger partial charge in [0.1, 0.15) is 11.6 Å². The summed E-state index contributed by atoms with van der Waals surface area (Å²) in [5, 5.41) is 21.1. The number of rotatable bonds is 4. The number of anilines is 1. The second-order valence-electron chi connectivity index (χ2n) is 4.93. The lowest BCUT2D eigenvalue weighted by atomic mass is 10.0. The number of hydrogen-bond donors (Lipinski definition) is 1. The molecular weight excluding hydrogens is 272 g/mol. The van der Waals surface area contributed by atoms with Crippen LogP contribution in [0, 0.1) is 11.3 Å². The van der Waals surface area contributed by atoms with Gasteiger partial charge in [0, 0.05) is 28.3 Å². The minimum atomic E-state index is -0.678. The summed E-state index contributed by atoms with van der Waals surface area (Å²) in [5.74, 6) is 2.03. The lowest BCUT2D eigenvalue weighted by Gasteiger charge is -2.23. The van der Waals surface area contributed by atoms with Crippen molar-refractivity contribution >= 4 is 16.6 Å². The summed E-state index contributed by atoms with van der Waals surface area (Å²) in [6, 6.07) is 2.51. The molecule has 5 nitrogen and oxygen atoms in total. The molecule has 1 aromatic rings. The van der Waals surface area contributed by atoms with E-state index in [1.165, 1.54) is 0 Å². The Morgan fingerprint density at radius 2 is 2.00 bits per heavy atom. The van der Waals surface area contributed by atoms with Crippen molar-refractivity contribution < 1.29 is 4.21 Å². The quantitative estimate of drug-likeness (QED) is 0.915. The van der Waals surface area contributed by atoms with E-state index in [9.17, 15) is 9.47 Å². The van der Waals surface area contributed by atoms with Gasteiger partial charge in [0.25, 0.3) is 0 Å². The highest BCUT2D eigenvalue weighted by molar-refractivity contribution is 7.85. The Morgan fingerprint density at radius 1 is 1.30 bits per heavy atom. The average Bonchev–Trinajstić information content (AvgIpc) is 2.48. The molecule has 0 aromatic carbocycles. The molecule has 1 aliphatic heterocycles. The van der Waals surface area contributed by atoms with Crippen molar-refractivity contribution in [3.8, 4) is 6.07 Å². The number of aromatic nitrogens is 2. The van der Waals surface area contributed by atoms with Gasteiger partial charge in [0.2, 0.25) is 0 Å². The number of nitrogens with one attached hydrogen (secondary N) is 1. The van der Waals surface area contributed by atoms with E-state index in [1.807, 2.05) is 13.8 Å². The van der Waals surface area contributed by atoms with Crippen LogP contribution in [0.4, 0.5) is 5.82 Å². The van der Waals surface area contributed by atoms with Crippen LogP contribution in [0.5, 0.6) is 0 Å². The van der Waals surface area contributed by atoms with Crippen molar-refractivity contribution in [3.63, 3.8) is 0 Å². The monoisotopic (exact) mass is 292 g/mol. The van der Waals surface area contributed by atoms with Crippen molar-refractivity contribution in [2.45, 2.75) is 45.6 Å². The molecule has 0 saturated carbocycles. The van der Waals surface area contributed by atoms with Gasteiger partial charge in [-0.2, -0.15) is 10.4 Å². The van der Waals surface area contributed by atoms with Gasteiger partial charge >= 0.3 is 0 Å². The maximum absolute atomic E-state index is 11.4. The molecule has 0 bridgehead atoms. The molecule has 0 radical (unpaired) electrons. The number of nitriles is 1. The smallest absolute Gasteiger partial charge is 0.167 e. The minimum absolute atomic E-state index is 0.242. The molecule has 0 atom stereocenters. The van der Waals surface area contributed by atoms with Gasteiger partial charge in [-0.15, -0.1) is 5.10 Å². The molecule has 20 heavy (non-hydrogen) atoms. The second kappa shape index (κ2) is 6.80. The standard InChI is InChI=1S/C14H20N4OS/c1-3-11-12(9-15)14(18-17-13(11)4-2)16-10-5-7-20(19)8-6-10/h10H,3-8H2,1-2H3,(H,16,18). The van der Waals surface area contributed by atoms with Gasteiger partial charge in [-0.1, -0.05) is 13.8 Å². The Hall–Kier alpha value is -1.48. The summed E-state index contributed by atoms with van der Waals surface area (Å²) in [6.07, 6.45) is 3.28. The highest BCUT2D eigenvalue weighted by Crippen LogP contribution is 2.22. The van der Waals surface area contributed by atoms with Gasteiger partial charge < -0.3 is 5.32 Å². The molecule has 0 aliphatic carbocycles. The largest absolute Gasteiger partial charge is 0.365 e.